The number of hydrogen-bond donors (Lipinski definition) is 0. The van der Waals surface area contributed by atoms with Gasteiger partial charge >= 0.3 is 0 Å². The molecule has 0 atom stereocenters. The van der Waals surface area contributed by atoms with Crippen molar-refractivity contribution in [1.29, 1.82) is 0 Å². The standard InChI is InChI=1S/C23H25FN4/c1-23(2,3)22-26-13-18-15-28(10-9-21(18)27-22)14-16-7-8-20(25-12-16)17-5-4-6-19(24)11-17/h4-8,11-13H,9-10,14-15H2,1-3H3. The molecule has 1 aliphatic rings. The average molecular weight is 376 g/mol. The van der Waals surface area contributed by atoms with Crippen LogP contribution in [0.4, 0.5) is 4.39 Å². The maximum absolute atomic E-state index is 13.4. The van der Waals surface area contributed by atoms with Crippen LogP contribution in [-0.2, 0) is 24.9 Å². The molecule has 0 unspecified atom stereocenters. The van der Waals surface area contributed by atoms with E-state index in [1.807, 2.05) is 24.5 Å². The van der Waals surface area contributed by atoms with Crippen LogP contribution in [0.5, 0.6) is 0 Å². The average Bonchev–Trinajstić information content (AvgIpc) is 2.67. The van der Waals surface area contributed by atoms with E-state index in [1.54, 1.807) is 6.07 Å². The number of hydrogen-bond acceptors (Lipinski definition) is 4. The first-order valence-electron chi connectivity index (χ1n) is 9.67. The lowest BCUT2D eigenvalue weighted by Gasteiger charge is -2.29. The van der Waals surface area contributed by atoms with E-state index in [0.29, 0.717) is 0 Å². The molecule has 0 fully saturated rings. The van der Waals surface area contributed by atoms with Crippen molar-refractivity contribution >= 4 is 0 Å². The van der Waals surface area contributed by atoms with Gasteiger partial charge in [-0.2, -0.15) is 0 Å². The fourth-order valence-corrected chi connectivity index (χ4v) is 3.47. The Morgan fingerprint density at radius 2 is 1.93 bits per heavy atom. The Hall–Kier alpha value is -2.66. The van der Waals surface area contributed by atoms with Crippen molar-refractivity contribution in [3.63, 3.8) is 0 Å². The Morgan fingerprint density at radius 3 is 2.64 bits per heavy atom. The summed E-state index contributed by atoms with van der Waals surface area (Å²) in [5.74, 6) is 0.670. The number of fused-ring (bicyclic) bond motifs is 1. The van der Waals surface area contributed by atoms with Crippen LogP contribution >= 0.6 is 0 Å². The fourth-order valence-electron chi connectivity index (χ4n) is 3.47. The molecular weight excluding hydrogens is 351 g/mol. The molecule has 28 heavy (non-hydrogen) atoms. The number of benzene rings is 1. The van der Waals surface area contributed by atoms with Crippen LogP contribution in [0.3, 0.4) is 0 Å². The summed E-state index contributed by atoms with van der Waals surface area (Å²) < 4.78 is 13.4. The highest BCUT2D eigenvalue weighted by Crippen LogP contribution is 2.24. The topological polar surface area (TPSA) is 41.9 Å². The normalized spacial score (nSPS) is 14.7. The van der Waals surface area contributed by atoms with Crippen LogP contribution in [0.1, 0.15) is 43.4 Å². The van der Waals surface area contributed by atoms with Crippen LogP contribution in [0.2, 0.25) is 0 Å². The molecule has 4 nitrogen and oxygen atoms in total. The van der Waals surface area contributed by atoms with Crippen molar-refractivity contribution in [3.8, 4) is 11.3 Å². The van der Waals surface area contributed by atoms with Gasteiger partial charge in [-0.25, -0.2) is 14.4 Å². The van der Waals surface area contributed by atoms with Gasteiger partial charge in [0.2, 0.25) is 0 Å². The SMILES string of the molecule is CC(C)(C)c1ncc2c(n1)CCN(Cc1ccc(-c3cccc(F)c3)nc1)C2. The van der Waals surface area contributed by atoms with Gasteiger partial charge in [0.25, 0.3) is 0 Å². The van der Waals surface area contributed by atoms with Crippen LogP contribution < -0.4 is 0 Å². The van der Waals surface area contributed by atoms with E-state index in [4.69, 9.17) is 4.98 Å². The Morgan fingerprint density at radius 1 is 1.07 bits per heavy atom. The molecule has 0 aliphatic carbocycles. The van der Waals surface area contributed by atoms with E-state index >= 15 is 0 Å². The van der Waals surface area contributed by atoms with Crippen molar-refractivity contribution < 1.29 is 4.39 Å². The van der Waals surface area contributed by atoms with Gasteiger partial charge in [0.1, 0.15) is 11.6 Å². The Kier molecular flexibility index (Phi) is 4.94. The van der Waals surface area contributed by atoms with Gasteiger partial charge in [0, 0.05) is 60.7 Å². The molecule has 0 radical (unpaired) electrons. The molecule has 0 amide bonds. The summed E-state index contributed by atoms with van der Waals surface area (Å²) in [6.07, 6.45) is 4.81. The van der Waals surface area contributed by atoms with Crippen LogP contribution in [0.15, 0.2) is 48.8 Å². The Labute approximate surface area is 165 Å². The molecule has 3 aromatic rings. The largest absolute Gasteiger partial charge is 0.294 e. The molecule has 144 valence electrons. The monoisotopic (exact) mass is 376 g/mol. The smallest absolute Gasteiger partial charge is 0.133 e. The van der Waals surface area contributed by atoms with Crippen molar-refractivity contribution in [1.82, 2.24) is 19.9 Å². The second kappa shape index (κ2) is 7.40. The minimum atomic E-state index is -0.243. The van der Waals surface area contributed by atoms with E-state index < -0.39 is 0 Å². The highest BCUT2D eigenvalue weighted by molar-refractivity contribution is 5.58. The zero-order chi connectivity index (χ0) is 19.7. The first-order chi connectivity index (χ1) is 13.4. The highest BCUT2D eigenvalue weighted by atomic mass is 19.1. The molecule has 2 aromatic heterocycles. The summed E-state index contributed by atoms with van der Waals surface area (Å²) in [5, 5.41) is 0. The summed E-state index contributed by atoms with van der Waals surface area (Å²) in [6.45, 7) is 9.08. The van der Waals surface area contributed by atoms with Gasteiger partial charge in [-0.3, -0.25) is 9.88 Å². The van der Waals surface area contributed by atoms with Gasteiger partial charge in [-0.05, 0) is 23.8 Å². The first-order valence-corrected chi connectivity index (χ1v) is 9.67. The number of halogens is 1. The highest BCUT2D eigenvalue weighted by Gasteiger charge is 2.22. The lowest BCUT2D eigenvalue weighted by atomic mass is 9.95. The molecule has 0 bridgehead atoms. The summed E-state index contributed by atoms with van der Waals surface area (Å²) in [6, 6.07) is 10.6. The van der Waals surface area contributed by atoms with Crippen LogP contribution in [0.25, 0.3) is 11.3 Å². The van der Waals surface area contributed by atoms with E-state index in [-0.39, 0.29) is 11.2 Å². The third kappa shape index (κ3) is 4.09. The molecule has 0 saturated carbocycles. The zero-order valence-corrected chi connectivity index (χ0v) is 16.6. The maximum Gasteiger partial charge on any atom is 0.133 e. The molecule has 4 rings (SSSR count). The first kappa shape index (κ1) is 18.7. The van der Waals surface area contributed by atoms with E-state index in [9.17, 15) is 4.39 Å². The molecule has 1 aliphatic heterocycles. The van der Waals surface area contributed by atoms with E-state index in [0.717, 1.165) is 48.7 Å². The minimum Gasteiger partial charge on any atom is -0.294 e. The summed E-state index contributed by atoms with van der Waals surface area (Å²) in [5.41, 5.74) is 5.09. The number of pyridine rings is 1. The Bertz CT molecular complexity index is 977. The van der Waals surface area contributed by atoms with Crippen molar-refractivity contribution in [2.75, 3.05) is 6.54 Å². The van der Waals surface area contributed by atoms with Gasteiger partial charge in [-0.1, -0.05) is 39.0 Å². The predicted molar refractivity (Wildman–Crippen MR) is 108 cm³/mol. The van der Waals surface area contributed by atoms with E-state index in [1.165, 1.54) is 23.4 Å². The fraction of sp³-hybridized carbons (Fsp3) is 0.348. The third-order valence-corrected chi connectivity index (χ3v) is 5.04. The van der Waals surface area contributed by atoms with Crippen molar-refractivity contribution in [3.05, 3.63) is 77.3 Å². The molecule has 0 N–H and O–H groups in total. The number of aromatic nitrogens is 3. The number of nitrogens with zero attached hydrogens (tertiary/aromatic N) is 4. The van der Waals surface area contributed by atoms with Crippen LogP contribution in [0, 0.1) is 5.82 Å². The molecule has 5 heteroatoms. The summed E-state index contributed by atoms with van der Waals surface area (Å²) in [7, 11) is 0. The molecule has 0 spiro atoms. The zero-order valence-electron chi connectivity index (χ0n) is 16.6. The van der Waals surface area contributed by atoms with Gasteiger partial charge in [0.05, 0.1) is 5.69 Å². The second-order valence-corrected chi connectivity index (χ2v) is 8.44. The minimum absolute atomic E-state index is 0.0265. The molecular formula is C23H25FN4. The molecule has 1 aromatic carbocycles. The van der Waals surface area contributed by atoms with Gasteiger partial charge < -0.3 is 0 Å². The van der Waals surface area contributed by atoms with Crippen molar-refractivity contribution in [2.24, 2.45) is 0 Å². The molecule has 3 heterocycles. The van der Waals surface area contributed by atoms with Crippen molar-refractivity contribution in [2.45, 2.75) is 45.7 Å². The Balaban J connectivity index is 1.44. The quantitative estimate of drug-likeness (QED) is 0.673. The second-order valence-electron chi connectivity index (χ2n) is 8.44. The molecule has 0 saturated heterocycles. The third-order valence-electron chi connectivity index (χ3n) is 5.04. The predicted octanol–water partition coefficient (Wildman–Crippen LogP) is 4.53. The van der Waals surface area contributed by atoms with Gasteiger partial charge in [0.15, 0.2) is 0 Å². The summed E-state index contributed by atoms with van der Waals surface area (Å²) in [4.78, 5) is 16.3. The number of rotatable bonds is 3. The lowest BCUT2D eigenvalue weighted by Crippen LogP contribution is -2.32. The van der Waals surface area contributed by atoms with E-state index in [2.05, 4.69) is 41.7 Å². The lowest BCUT2D eigenvalue weighted by molar-refractivity contribution is 0.242. The summed E-state index contributed by atoms with van der Waals surface area (Å²) >= 11 is 0. The van der Waals surface area contributed by atoms with Crippen LogP contribution in [-0.4, -0.2) is 26.4 Å². The maximum atomic E-state index is 13.4. The van der Waals surface area contributed by atoms with Gasteiger partial charge in [-0.15, -0.1) is 0 Å².